The summed E-state index contributed by atoms with van der Waals surface area (Å²) in [5.74, 6) is 0.525. The second-order valence-corrected chi connectivity index (χ2v) is 9.64. The lowest BCUT2D eigenvalue weighted by molar-refractivity contribution is 0.0569. The van der Waals surface area contributed by atoms with E-state index in [9.17, 15) is 9.59 Å². The van der Waals surface area contributed by atoms with Crippen LogP contribution in [-0.2, 0) is 16.1 Å². The topological polar surface area (TPSA) is 72.0 Å². The van der Waals surface area contributed by atoms with Gasteiger partial charge in [0.1, 0.15) is 18.0 Å². The first kappa shape index (κ1) is 24.6. The van der Waals surface area contributed by atoms with Crippen LogP contribution in [-0.4, -0.2) is 40.3 Å². The van der Waals surface area contributed by atoms with Crippen LogP contribution >= 0.6 is 0 Å². The highest BCUT2D eigenvalue weighted by molar-refractivity contribution is 5.87. The number of ether oxygens (including phenoxy) is 2. The van der Waals surface area contributed by atoms with Crippen LogP contribution in [0.15, 0.2) is 48.7 Å². The van der Waals surface area contributed by atoms with Crippen molar-refractivity contribution < 1.29 is 19.1 Å². The molecule has 3 rings (SSSR count). The molecule has 0 bridgehead atoms. The summed E-state index contributed by atoms with van der Waals surface area (Å²) in [6.45, 7) is 10.3. The number of likely N-dealkylation sites (tertiary alicyclic amines) is 1. The summed E-state index contributed by atoms with van der Waals surface area (Å²) >= 11 is 0. The maximum atomic E-state index is 12.9. The fourth-order valence-electron chi connectivity index (χ4n) is 3.92. The fraction of sp³-hybridized carbons (Fsp3) is 0.500. The molecule has 1 fully saturated rings. The van der Waals surface area contributed by atoms with Gasteiger partial charge < -0.3 is 14.4 Å². The highest BCUT2D eigenvalue weighted by atomic mass is 16.6. The van der Waals surface area contributed by atoms with Crippen LogP contribution in [0, 0.1) is 0 Å². The van der Waals surface area contributed by atoms with Gasteiger partial charge in [-0.2, -0.15) is 0 Å². The molecule has 33 heavy (non-hydrogen) atoms. The minimum Gasteiger partial charge on any atom is -0.445 e. The zero-order valence-electron chi connectivity index (χ0n) is 20.3. The van der Waals surface area contributed by atoms with Crippen LogP contribution in [0.1, 0.15) is 71.0 Å². The lowest BCUT2D eigenvalue weighted by atomic mass is 9.97. The Hall–Kier alpha value is -3.09. The number of nitrogens with zero attached hydrogens (tertiary/aromatic N) is 3. The molecule has 0 saturated carbocycles. The molecule has 2 amide bonds. The van der Waals surface area contributed by atoms with Crippen molar-refractivity contribution in [1.29, 1.82) is 0 Å². The number of carbonyl (C=O) groups excluding carboxylic acids is 2. The Morgan fingerprint density at radius 2 is 1.85 bits per heavy atom. The van der Waals surface area contributed by atoms with E-state index in [1.54, 1.807) is 16.0 Å². The third kappa shape index (κ3) is 6.70. The molecule has 7 heteroatoms. The summed E-state index contributed by atoms with van der Waals surface area (Å²) in [4.78, 5) is 33.5. The van der Waals surface area contributed by atoms with Gasteiger partial charge in [-0.05, 0) is 71.1 Å². The Balaban J connectivity index is 1.72. The van der Waals surface area contributed by atoms with E-state index in [1.807, 2.05) is 77.1 Å². The van der Waals surface area contributed by atoms with Gasteiger partial charge in [0.05, 0.1) is 6.04 Å². The van der Waals surface area contributed by atoms with Crippen LogP contribution in [0.5, 0.6) is 0 Å². The highest BCUT2D eigenvalue weighted by Gasteiger charge is 2.31. The number of aromatic nitrogens is 1. The predicted octanol–water partition coefficient (Wildman–Crippen LogP) is 6.10. The van der Waals surface area contributed by atoms with E-state index in [0.29, 0.717) is 12.4 Å². The van der Waals surface area contributed by atoms with Crippen molar-refractivity contribution in [3.8, 4) is 0 Å². The van der Waals surface area contributed by atoms with Gasteiger partial charge in [-0.25, -0.2) is 14.6 Å². The number of benzene rings is 1. The van der Waals surface area contributed by atoms with Gasteiger partial charge in [-0.1, -0.05) is 36.4 Å². The molecule has 0 radical (unpaired) electrons. The van der Waals surface area contributed by atoms with Crippen LogP contribution < -0.4 is 4.90 Å². The number of rotatable bonds is 5. The number of pyridine rings is 1. The van der Waals surface area contributed by atoms with Crippen molar-refractivity contribution in [1.82, 2.24) is 9.88 Å². The van der Waals surface area contributed by atoms with Gasteiger partial charge in [0.25, 0.3) is 0 Å². The van der Waals surface area contributed by atoms with Gasteiger partial charge in [0.2, 0.25) is 0 Å². The molecule has 0 aliphatic carbocycles. The quantitative estimate of drug-likeness (QED) is 0.547. The van der Waals surface area contributed by atoms with Gasteiger partial charge >= 0.3 is 12.2 Å². The molecule has 2 aromatic rings. The van der Waals surface area contributed by atoms with Crippen LogP contribution in [0.3, 0.4) is 0 Å². The molecule has 1 saturated heterocycles. The summed E-state index contributed by atoms with van der Waals surface area (Å²) in [5, 5.41) is 0. The molecule has 1 aliphatic heterocycles. The molecule has 0 unspecified atom stereocenters. The van der Waals surface area contributed by atoms with E-state index in [4.69, 9.17) is 9.47 Å². The zero-order chi connectivity index (χ0) is 24.0. The summed E-state index contributed by atoms with van der Waals surface area (Å²) in [7, 11) is 0. The highest BCUT2D eigenvalue weighted by Crippen LogP contribution is 2.32. The lowest BCUT2D eigenvalue weighted by Gasteiger charge is -2.35. The number of hydrogen-bond acceptors (Lipinski definition) is 5. The largest absolute Gasteiger partial charge is 0.445 e. The molecule has 1 aliphatic rings. The molecular formula is C26H35N3O4. The van der Waals surface area contributed by atoms with E-state index in [-0.39, 0.29) is 24.8 Å². The molecule has 0 N–H and O–H groups in total. The maximum Gasteiger partial charge on any atom is 0.416 e. The minimum atomic E-state index is -0.590. The number of piperidine rings is 1. The van der Waals surface area contributed by atoms with E-state index in [0.717, 1.165) is 30.4 Å². The first-order valence-electron chi connectivity index (χ1n) is 11.6. The number of hydrogen-bond donors (Lipinski definition) is 0. The van der Waals surface area contributed by atoms with Gasteiger partial charge in [-0.3, -0.25) is 4.90 Å². The van der Waals surface area contributed by atoms with E-state index in [2.05, 4.69) is 4.98 Å². The SMILES string of the molecule is CC(C)N(C(=O)OC(C)(C)C)c1ccc([C@H]2CCCCN2C(=O)OCc2ccccc2)cn1. The van der Waals surface area contributed by atoms with E-state index < -0.39 is 11.7 Å². The van der Waals surface area contributed by atoms with Gasteiger partial charge in [0, 0.05) is 18.8 Å². The van der Waals surface area contributed by atoms with Crippen molar-refractivity contribution in [2.75, 3.05) is 11.4 Å². The Morgan fingerprint density at radius 1 is 1.12 bits per heavy atom. The first-order valence-corrected chi connectivity index (χ1v) is 11.6. The Bertz CT molecular complexity index is 923. The number of carbonyl (C=O) groups is 2. The first-order chi connectivity index (χ1) is 15.7. The minimum absolute atomic E-state index is 0.0994. The smallest absolute Gasteiger partial charge is 0.416 e. The van der Waals surface area contributed by atoms with Crippen molar-refractivity contribution in [2.45, 2.75) is 78.2 Å². The standard InChI is InChI=1S/C26H35N3O4/c1-19(2)29(25(31)33-26(3,4)5)23-15-14-21(17-27-23)22-13-9-10-16-28(22)24(30)32-18-20-11-7-6-8-12-20/h6-8,11-12,14-15,17,19,22H,9-10,13,16,18H2,1-5H3/t22-/m1/s1. The van der Waals surface area contributed by atoms with Crippen molar-refractivity contribution >= 4 is 18.0 Å². The number of amides is 2. The van der Waals surface area contributed by atoms with E-state index in [1.165, 1.54) is 0 Å². The lowest BCUT2D eigenvalue weighted by Crippen LogP contribution is -2.41. The van der Waals surface area contributed by atoms with Gasteiger partial charge in [-0.15, -0.1) is 0 Å². The average Bonchev–Trinajstić information content (AvgIpc) is 2.77. The second-order valence-electron chi connectivity index (χ2n) is 9.64. The van der Waals surface area contributed by atoms with Crippen LogP contribution in [0.2, 0.25) is 0 Å². The average molecular weight is 454 g/mol. The van der Waals surface area contributed by atoms with Crippen LogP contribution in [0.4, 0.5) is 15.4 Å². The summed E-state index contributed by atoms with van der Waals surface area (Å²) in [6, 6.07) is 13.2. The molecular weight excluding hydrogens is 418 g/mol. The zero-order valence-corrected chi connectivity index (χ0v) is 20.3. The van der Waals surface area contributed by atoms with E-state index >= 15 is 0 Å². The summed E-state index contributed by atoms with van der Waals surface area (Å²) < 4.78 is 11.1. The third-order valence-electron chi connectivity index (χ3n) is 5.45. The van der Waals surface area contributed by atoms with Crippen molar-refractivity contribution in [2.24, 2.45) is 0 Å². The third-order valence-corrected chi connectivity index (χ3v) is 5.45. The molecule has 0 spiro atoms. The summed E-state index contributed by atoms with van der Waals surface area (Å²) in [6.07, 6.45) is 3.84. The molecule has 2 heterocycles. The predicted molar refractivity (Wildman–Crippen MR) is 128 cm³/mol. The Kier molecular flexibility index (Phi) is 7.95. The molecule has 1 atom stereocenters. The molecule has 1 aromatic heterocycles. The summed E-state index contributed by atoms with van der Waals surface area (Å²) in [5.41, 5.74) is 1.30. The maximum absolute atomic E-state index is 12.9. The van der Waals surface area contributed by atoms with Crippen molar-refractivity contribution in [3.05, 3.63) is 59.8 Å². The molecule has 178 valence electrons. The molecule has 1 aromatic carbocycles. The molecule has 7 nitrogen and oxygen atoms in total. The van der Waals surface area contributed by atoms with Gasteiger partial charge in [0.15, 0.2) is 0 Å². The second kappa shape index (κ2) is 10.7. The van der Waals surface area contributed by atoms with Crippen molar-refractivity contribution in [3.63, 3.8) is 0 Å². The van der Waals surface area contributed by atoms with Crippen LogP contribution in [0.25, 0.3) is 0 Å². The Labute approximate surface area is 196 Å². The monoisotopic (exact) mass is 453 g/mol. The normalized spacial score (nSPS) is 16.4. The fourth-order valence-corrected chi connectivity index (χ4v) is 3.92. The Morgan fingerprint density at radius 3 is 2.45 bits per heavy atom. The number of anilines is 1.